The molecule has 92 valence electrons. The molecule has 2 atom stereocenters. The van der Waals surface area contributed by atoms with Crippen molar-refractivity contribution in [3.8, 4) is 5.75 Å². The number of carboxylic acids is 1. The number of rotatable bonds is 5. The Morgan fingerprint density at radius 1 is 1.53 bits per heavy atom. The van der Waals surface area contributed by atoms with E-state index in [1.165, 1.54) is 0 Å². The molecule has 1 aromatic rings. The lowest BCUT2D eigenvalue weighted by Gasteiger charge is -2.11. The van der Waals surface area contributed by atoms with Gasteiger partial charge in [-0.25, -0.2) is 0 Å². The molecule has 2 rings (SSSR count). The lowest BCUT2D eigenvalue weighted by Crippen LogP contribution is -2.38. The van der Waals surface area contributed by atoms with Gasteiger partial charge in [0.25, 0.3) is 0 Å². The second-order valence-corrected chi connectivity index (χ2v) is 4.29. The number of nitrogens with one attached hydrogen (secondary N) is 1. The van der Waals surface area contributed by atoms with E-state index < -0.39 is 11.5 Å². The Bertz CT molecular complexity index is 415. The van der Waals surface area contributed by atoms with Gasteiger partial charge in [-0.05, 0) is 38.1 Å². The highest BCUT2D eigenvalue weighted by atomic mass is 16.5. The molecule has 2 unspecified atom stereocenters. The van der Waals surface area contributed by atoms with Crippen LogP contribution in [0.4, 0.5) is 0 Å². The van der Waals surface area contributed by atoms with Gasteiger partial charge in [0.2, 0.25) is 0 Å². The number of benzene rings is 1. The molecule has 1 aliphatic rings. The average Bonchev–Trinajstić information content (AvgIpc) is 3.06. The molecule has 0 bridgehead atoms. The summed E-state index contributed by atoms with van der Waals surface area (Å²) in [4.78, 5) is 11.2. The Morgan fingerprint density at radius 2 is 2.18 bits per heavy atom. The minimum atomic E-state index is -0.779. The van der Waals surface area contributed by atoms with Gasteiger partial charge in [-0.1, -0.05) is 12.1 Å². The summed E-state index contributed by atoms with van der Waals surface area (Å²) in [5.41, 5.74) is 0.276. The molecule has 2 N–H and O–H groups in total. The van der Waals surface area contributed by atoms with Crippen molar-refractivity contribution in [3.63, 3.8) is 0 Å². The van der Waals surface area contributed by atoms with Crippen LogP contribution in [0.25, 0.3) is 0 Å². The zero-order valence-corrected chi connectivity index (χ0v) is 10.1. The summed E-state index contributed by atoms with van der Waals surface area (Å²) in [6.07, 6.45) is 0.646. The van der Waals surface area contributed by atoms with Crippen LogP contribution in [0.5, 0.6) is 5.75 Å². The van der Waals surface area contributed by atoms with Crippen molar-refractivity contribution in [2.24, 2.45) is 0 Å². The Labute approximate surface area is 101 Å². The number of hydrogen-bond acceptors (Lipinski definition) is 3. The number of carbonyl (C=O) groups is 1. The first-order valence-electron chi connectivity index (χ1n) is 5.79. The summed E-state index contributed by atoms with van der Waals surface area (Å²) >= 11 is 0. The van der Waals surface area contributed by atoms with E-state index in [2.05, 4.69) is 5.32 Å². The molecule has 0 saturated heterocycles. The zero-order valence-electron chi connectivity index (χ0n) is 10.1. The van der Waals surface area contributed by atoms with Crippen LogP contribution in [0.1, 0.15) is 24.8 Å². The average molecular weight is 235 g/mol. The molecule has 0 spiro atoms. The Balaban J connectivity index is 2.13. The molecule has 0 heterocycles. The number of hydrogen-bond donors (Lipinski definition) is 2. The maximum atomic E-state index is 11.2. The van der Waals surface area contributed by atoms with Gasteiger partial charge < -0.3 is 15.2 Å². The van der Waals surface area contributed by atoms with Gasteiger partial charge in [0.05, 0.1) is 6.61 Å². The second kappa shape index (κ2) is 4.37. The van der Waals surface area contributed by atoms with Crippen LogP contribution >= 0.6 is 0 Å². The molecule has 4 nitrogen and oxygen atoms in total. The number of ether oxygens (including phenoxy) is 1. The van der Waals surface area contributed by atoms with Gasteiger partial charge in [-0.2, -0.15) is 0 Å². The molecule has 1 saturated carbocycles. The molecule has 1 aromatic carbocycles. The highest BCUT2D eigenvalue weighted by Gasteiger charge is 2.60. The topological polar surface area (TPSA) is 58.6 Å². The first-order valence-corrected chi connectivity index (χ1v) is 5.79. The van der Waals surface area contributed by atoms with Crippen LogP contribution < -0.4 is 10.1 Å². The van der Waals surface area contributed by atoms with Crippen molar-refractivity contribution in [1.29, 1.82) is 0 Å². The minimum Gasteiger partial charge on any atom is -0.494 e. The van der Waals surface area contributed by atoms with Crippen molar-refractivity contribution in [3.05, 3.63) is 29.8 Å². The fourth-order valence-electron chi connectivity index (χ4n) is 2.25. The SMILES string of the molecule is CCOc1ccc(C2CC2(NC)C(=O)O)cc1. The molecule has 0 aliphatic heterocycles. The van der Waals surface area contributed by atoms with Crippen molar-refractivity contribution < 1.29 is 14.6 Å². The minimum absolute atomic E-state index is 0.0562. The quantitative estimate of drug-likeness (QED) is 0.814. The monoisotopic (exact) mass is 235 g/mol. The van der Waals surface area contributed by atoms with E-state index in [1.807, 2.05) is 31.2 Å². The summed E-state index contributed by atoms with van der Waals surface area (Å²) in [5, 5.41) is 12.1. The maximum Gasteiger partial charge on any atom is 0.324 e. The predicted octanol–water partition coefficient (Wildman–Crippen LogP) is 1.62. The van der Waals surface area contributed by atoms with E-state index in [0.29, 0.717) is 13.0 Å². The van der Waals surface area contributed by atoms with E-state index in [9.17, 15) is 9.90 Å². The lowest BCUT2D eigenvalue weighted by atomic mass is 10.1. The van der Waals surface area contributed by atoms with Crippen LogP contribution in [-0.2, 0) is 4.79 Å². The van der Waals surface area contributed by atoms with E-state index in [-0.39, 0.29) is 5.92 Å². The van der Waals surface area contributed by atoms with E-state index in [1.54, 1.807) is 7.05 Å². The van der Waals surface area contributed by atoms with Crippen molar-refractivity contribution in [2.75, 3.05) is 13.7 Å². The highest BCUT2D eigenvalue weighted by Crippen LogP contribution is 2.51. The van der Waals surface area contributed by atoms with Gasteiger partial charge in [0, 0.05) is 5.92 Å². The standard InChI is InChI=1S/C13H17NO3/c1-3-17-10-6-4-9(5-7-10)11-8-13(11,14-2)12(15)16/h4-7,11,14H,3,8H2,1-2H3,(H,15,16). The second-order valence-electron chi connectivity index (χ2n) is 4.29. The fourth-order valence-corrected chi connectivity index (χ4v) is 2.25. The van der Waals surface area contributed by atoms with Crippen LogP contribution in [0.15, 0.2) is 24.3 Å². The number of carboxylic acid groups (broad SMARTS) is 1. The van der Waals surface area contributed by atoms with Crippen molar-refractivity contribution in [2.45, 2.75) is 24.8 Å². The zero-order chi connectivity index (χ0) is 12.5. The Morgan fingerprint density at radius 3 is 2.59 bits per heavy atom. The molecule has 1 fully saturated rings. The normalized spacial score (nSPS) is 26.6. The predicted molar refractivity (Wildman–Crippen MR) is 64.4 cm³/mol. The van der Waals surface area contributed by atoms with Gasteiger partial charge in [0.1, 0.15) is 11.3 Å². The van der Waals surface area contributed by atoms with Gasteiger partial charge in [-0.15, -0.1) is 0 Å². The van der Waals surface area contributed by atoms with Crippen LogP contribution in [0, 0.1) is 0 Å². The summed E-state index contributed by atoms with van der Waals surface area (Å²) in [7, 11) is 1.70. The van der Waals surface area contributed by atoms with E-state index in [4.69, 9.17) is 4.74 Å². The molecular weight excluding hydrogens is 218 g/mol. The van der Waals surface area contributed by atoms with Gasteiger partial charge in [-0.3, -0.25) is 4.79 Å². The molecule has 0 radical (unpaired) electrons. The summed E-state index contributed by atoms with van der Waals surface area (Å²) < 4.78 is 5.35. The molecule has 0 aromatic heterocycles. The van der Waals surface area contributed by atoms with Gasteiger partial charge in [0.15, 0.2) is 0 Å². The summed E-state index contributed by atoms with van der Waals surface area (Å²) in [5.74, 6) is 0.0989. The first kappa shape index (κ1) is 11.9. The third-order valence-electron chi connectivity index (χ3n) is 3.38. The molecule has 0 amide bonds. The molecule has 4 heteroatoms. The third kappa shape index (κ3) is 2.00. The third-order valence-corrected chi connectivity index (χ3v) is 3.38. The molecule has 17 heavy (non-hydrogen) atoms. The number of aliphatic carboxylic acids is 1. The van der Waals surface area contributed by atoms with Crippen LogP contribution in [0.3, 0.4) is 0 Å². The Hall–Kier alpha value is -1.55. The largest absolute Gasteiger partial charge is 0.494 e. The first-order chi connectivity index (χ1) is 8.14. The van der Waals surface area contributed by atoms with Crippen LogP contribution in [-0.4, -0.2) is 30.3 Å². The fraction of sp³-hybridized carbons (Fsp3) is 0.462. The van der Waals surface area contributed by atoms with E-state index in [0.717, 1.165) is 11.3 Å². The lowest BCUT2D eigenvalue weighted by molar-refractivity contribution is -0.140. The van der Waals surface area contributed by atoms with Gasteiger partial charge >= 0.3 is 5.97 Å². The maximum absolute atomic E-state index is 11.2. The summed E-state index contributed by atoms with van der Waals surface area (Å²) in [6, 6.07) is 7.66. The highest BCUT2D eigenvalue weighted by molar-refractivity contribution is 5.85. The van der Waals surface area contributed by atoms with Crippen molar-refractivity contribution in [1.82, 2.24) is 5.32 Å². The summed E-state index contributed by atoms with van der Waals surface area (Å²) in [6.45, 7) is 2.57. The van der Waals surface area contributed by atoms with E-state index >= 15 is 0 Å². The number of likely N-dealkylation sites (N-methyl/N-ethyl adjacent to an activating group) is 1. The van der Waals surface area contributed by atoms with Crippen molar-refractivity contribution >= 4 is 5.97 Å². The van der Waals surface area contributed by atoms with Crippen LogP contribution in [0.2, 0.25) is 0 Å². The smallest absolute Gasteiger partial charge is 0.324 e. The molecule has 1 aliphatic carbocycles. The Kier molecular flexibility index (Phi) is 3.07. The molecular formula is C13H17NO3.